The maximum atomic E-state index is 12.6. The Morgan fingerprint density at radius 1 is 1.40 bits per heavy atom. The molecule has 2 aromatic rings. The molecular formula is C12H15BrN2O2S3. The van der Waals surface area contributed by atoms with Crippen LogP contribution in [0, 0.1) is 0 Å². The summed E-state index contributed by atoms with van der Waals surface area (Å²) < 4.78 is 27.6. The highest BCUT2D eigenvalue weighted by atomic mass is 79.9. The zero-order valence-corrected chi connectivity index (χ0v) is 15.1. The lowest BCUT2D eigenvalue weighted by Gasteiger charge is -2.16. The summed E-state index contributed by atoms with van der Waals surface area (Å²) in [7, 11) is -0.0233. The predicted molar refractivity (Wildman–Crippen MR) is 87.8 cm³/mol. The number of nitrogens with one attached hydrogen (secondary N) is 1. The molecule has 0 spiro atoms. The van der Waals surface area contributed by atoms with Crippen molar-refractivity contribution in [1.29, 1.82) is 0 Å². The van der Waals surface area contributed by atoms with Crippen molar-refractivity contribution in [2.75, 3.05) is 14.1 Å². The molecule has 1 N–H and O–H groups in total. The molecule has 0 saturated heterocycles. The number of halogens is 1. The summed E-state index contributed by atoms with van der Waals surface area (Å²) in [5.41, 5.74) is 0.985. The fourth-order valence-electron chi connectivity index (χ4n) is 1.79. The van der Waals surface area contributed by atoms with Gasteiger partial charge < -0.3 is 5.32 Å². The Bertz CT molecular complexity index is 678. The van der Waals surface area contributed by atoms with E-state index in [4.69, 9.17) is 0 Å². The van der Waals surface area contributed by atoms with Crippen LogP contribution in [0.4, 0.5) is 0 Å². The number of hydrogen-bond acceptors (Lipinski definition) is 5. The van der Waals surface area contributed by atoms with E-state index in [1.807, 2.05) is 23.9 Å². The van der Waals surface area contributed by atoms with E-state index in [0.29, 0.717) is 18.0 Å². The average molecular weight is 395 g/mol. The molecule has 2 aromatic heterocycles. The van der Waals surface area contributed by atoms with Crippen molar-refractivity contribution in [2.24, 2.45) is 0 Å². The molecule has 0 atom stereocenters. The Morgan fingerprint density at radius 3 is 2.75 bits per heavy atom. The highest BCUT2D eigenvalue weighted by Gasteiger charge is 2.24. The number of nitrogens with zero attached hydrogens (tertiary/aromatic N) is 1. The smallest absolute Gasteiger partial charge is 0.244 e. The van der Waals surface area contributed by atoms with Gasteiger partial charge in [-0.15, -0.1) is 22.7 Å². The van der Waals surface area contributed by atoms with Gasteiger partial charge in [0.05, 0.1) is 8.68 Å². The molecule has 0 aliphatic carbocycles. The van der Waals surface area contributed by atoms with Gasteiger partial charge in [0, 0.05) is 25.0 Å². The SMILES string of the molecule is CNCc1sccc1S(=O)(=O)N(C)Cc1csc(Br)c1. The van der Waals surface area contributed by atoms with Crippen molar-refractivity contribution in [2.45, 2.75) is 18.0 Å². The highest BCUT2D eigenvalue weighted by molar-refractivity contribution is 9.11. The molecule has 0 unspecified atom stereocenters. The van der Waals surface area contributed by atoms with Gasteiger partial charge in [-0.05, 0) is 51.4 Å². The van der Waals surface area contributed by atoms with E-state index in [-0.39, 0.29) is 0 Å². The van der Waals surface area contributed by atoms with Gasteiger partial charge in [-0.25, -0.2) is 8.42 Å². The molecule has 4 nitrogen and oxygen atoms in total. The molecular weight excluding hydrogens is 380 g/mol. The summed E-state index contributed by atoms with van der Waals surface area (Å²) in [6.07, 6.45) is 0. The summed E-state index contributed by atoms with van der Waals surface area (Å²) in [6, 6.07) is 3.62. The monoisotopic (exact) mass is 394 g/mol. The van der Waals surface area contributed by atoms with E-state index in [1.165, 1.54) is 15.6 Å². The Kier molecular flexibility index (Phi) is 5.38. The standard InChI is InChI=1S/C12H15BrN2O2S3/c1-14-6-10-11(3-4-18-10)20(16,17)15(2)7-9-5-12(13)19-8-9/h3-5,8,14H,6-7H2,1-2H3. The lowest BCUT2D eigenvalue weighted by atomic mass is 10.3. The average Bonchev–Trinajstić information content (AvgIpc) is 2.99. The Morgan fingerprint density at radius 2 is 2.15 bits per heavy atom. The normalized spacial score (nSPS) is 12.2. The maximum absolute atomic E-state index is 12.6. The molecule has 2 rings (SSSR count). The van der Waals surface area contributed by atoms with E-state index in [0.717, 1.165) is 14.2 Å². The lowest BCUT2D eigenvalue weighted by Crippen LogP contribution is -2.27. The second-order valence-corrected chi connectivity index (χ2v) is 9.56. The molecule has 0 saturated carbocycles. The molecule has 8 heteroatoms. The summed E-state index contributed by atoms with van der Waals surface area (Å²) >= 11 is 6.40. The molecule has 0 radical (unpaired) electrons. The van der Waals surface area contributed by atoms with Gasteiger partial charge >= 0.3 is 0 Å². The zero-order valence-electron chi connectivity index (χ0n) is 11.1. The maximum Gasteiger partial charge on any atom is 0.244 e. The topological polar surface area (TPSA) is 49.4 Å². The second kappa shape index (κ2) is 6.67. The molecule has 0 aliphatic heterocycles. The predicted octanol–water partition coefficient (Wildman–Crippen LogP) is 3.11. The summed E-state index contributed by atoms with van der Waals surface area (Å²) in [4.78, 5) is 1.24. The van der Waals surface area contributed by atoms with Crippen molar-refractivity contribution in [3.63, 3.8) is 0 Å². The number of rotatable bonds is 6. The highest BCUT2D eigenvalue weighted by Crippen LogP contribution is 2.27. The number of sulfonamides is 1. The van der Waals surface area contributed by atoms with Crippen LogP contribution in [0.25, 0.3) is 0 Å². The van der Waals surface area contributed by atoms with Crippen LogP contribution in [-0.4, -0.2) is 26.8 Å². The van der Waals surface area contributed by atoms with Crippen LogP contribution in [0.1, 0.15) is 10.4 Å². The Balaban J connectivity index is 2.22. The van der Waals surface area contributed by atoms with Crippen LogP contribution < -0.4 is 5.32 Å². The molecule has 2 heterocycles. The minimum absolute atomic E-state index is 0.374. The molecule has 110 valence electrons. The van der Waals surface area contributed by atoms with E-state index < -0.39 is 10.0 Å². The van der Waals surface area contributed by atoms with Crippen LogP contribution >= 0.6 is 38.6 Å². The Labute approximate surface area is 135 Å². The first-order valence-electron chi connectivity index (χ1n) is 5.85. The summed E-state index contributed by atoms with van der Waals surface area (Å²) in [6.45, 7) is 0.934. The summed E-state index contributed by atoms with van der Waals surface area (Å²) in [5.74, 6) is 0. The van der Waals surface area contributed by atoms with Gasteiger partial charge in [-0.1, -0.05) is 0 Å². The van der Waals surface area contributed by atoms with Crippen LogP contribution in [-0.2, 0) is 23.1 Å². The molecule has 20 heavy (non-hydrogen) atoms. The quantitative estimate of drug-likeness (QED) is 0.818. The van der Waals surface area contributed by atoms with Gasteiger partial charge in [-0.2, -0.15) is 4.31 Å². The fraction of sp³-hybridized carbons (Fsp3) is 0.333. The van der Waals surface area contributed by atoms with Crippen LogP contribution in [0.2, 0.25) is 0 Å². The van der Waals surface area contributed by atoms with E-state index in [9.17, 15) is 8.42 Å². The van der Waals surface area contributed by atoms with Crippen LogP contribution in [0.3, 0.4) is 0 Å². The van der Waals surface area contributed by atoms with Crippen molar-refractivity contribution in [1.82, 2.24) is 9.62 Å². The van der Waals surface area contributed by atoms with Crippen molar-refractivity contribution in [3.05, 3.63) is 37.1 Å². The third-order valence-corrected chi connectivity index (χ3v) is 7.25. The first kappa shape index (κ1) is 16.1. The van der Waals surface area contributed by atoms with Gasteiger partial charge in [0.2, 0.25) is 10.0 Å². The van der Waals surface area contributed by atoms with Crippen molar-refractivity contribution >= 4 is 48.6 Å². The van der Waals surface area contributed by atoms with Crippen LogP contribution in [0.5, 0.6) is 0 Å². The molecule has 0 aliphatic rings. The third kappa shape index (κ3) is 3.49. The van der Waals surface area contributed by atoms with E-state index >= 15 is 0 Å². The van der Waals surface area contributed by atoms with Gasteiger partial charge in [0.1, 0.15) is 0 Å². The minimum atomic E-state index is -3.44. The Hall–Kier alpha value is -0.250. The minimum Gasteiger partial charge on any atom is -0.315 e. The zero-order chi connectivity index (χ0) is 14.8. The van der Waals surface area contributed by atoms with E-state index in [2.05, 4.69) is 21.2 Å². The first-order chi connectivity index (χ1) is 9.45. The van der Waals surface area contributed by atoms with Gasteiger partial charge in [0.15, 0.2) is 0 Å². The molecule has 0 fully saturated rings. The van der Waals surface area contributed by atoms with Crippen molar-refractivity contribution in [3.8, 4) is 0 Å². The second-order valence-electron chi connectivity index (χ2n) is 4.26. The molecule has 0 amide bonds. The third-order valence-electron chi connectivity index (χ3n) is 2.76. The largest absolute Gasteiger partial charge is 0.315 e. The fourth-order valence-corrected chi connectivity index (χ4v) is 5.57. The molecule has 0 bridgehead atoms. The van der Waals surface area contributed by atoms with E-state index in [1.54, 1.807) is 24.5 Å². The summed E-state index contributed by atoms with van der Waals surface area (Å²) in [5, 5.41) is 6.77. The number of hydrogen-bond donors (Lipinski definition) is 1. The molecule has 0 aromatic carbocycles. The van der Waals surface area contributed by atoms with Gasteiger partial charge in [0.25, 0.3) is 0 Å². The first-order valence-corrected chi connectivity index (χ1v) is 9.84. The van der Waals surface area contributed by atoms with Crippen LogP contribution in [0.15, 0.2) is 31.6 Å². The van der Waals surface area contributed by atoms with Crippen molar-refractivity contribution < 1.29 is 8.42 Å². The number of thiophene rings is 2. The lowest BCUT2D eigenvalue weighted by molar-refractivity contribution is 0.466. The van der Waals surface area contributed by atoms with Gasteiger partial charge in [-0.3, -0.25) is 0 Å².